The van der Waals surface area contributed by atoms with Gasteiger partial charge in [-0.25, -0.2) is 13.2 Å². The van der Waals surface area contributed by atoms with Gasteiger partial charge in [-0.1, -0.05) is 51.5 Å². The lowest BCUT2D eigenvalue weighted by Gasteiger charge is -2.38. The normalized spacial score (nSPS) is 24.2. The highest BCUT2D eigenvalue weighted by molar-refractivity contribution is 5.34. The van der Waals surface area contributed by atoms with E-state index in [2.05, 4.69) is 11.7 Å². The lowest BCUT2D eigenvalue weighted by Crippen LogP contribution is -2.26. The molecule has 2 aromatic rings. The summed E-state index contributed by atoms with van der Waals surface area (Å²) in [7, 11) is 0. The number of halogens is 8. The molecule has 0 aromatic heterocycles. The number of hydrogen-bond donors (Lipinski definition) is 0. The van der Waals surface area contributed by atoms with E-state index in [1.54, 1.807) is 0 Å². The molecule has 0 spiro atoms. The highest BCUT2D eigenvalue weighted by Crippen LogP contribution is 2.45. The van der Waals surface area contributed by atoms with E-state index in [1.165, 1.54) is 57.4 Å². The van der Waals surface area contributed by atoms with Gasteiger partial charge in [0.05, 0.1) is 5.56 Å². The van der Waals surface area contributed by atoms with Gasteiger partial charge in [-0.3, -0.25) is 0 Å². The summed E-state index contributed by atoms with van der Waals surface area (Å²) in [5, 5.41) is 0. The fourth-order valence-corrected chi connectivity index (χ4v) is 6.66. The van der Waals surface area contributed by atoms with Gasteiger partial charge in [-0.15, -0.1) is 0 Å². The SMILES string of the molecule is CCCCC[C@H]1CC[C@H]([C@H]2CC[C@H](c3ccc(C(F)(F)Oc4cc(F)c(C(F)(F)F)c(F)c4)c(F)c3)CC2)CC1. The van der Waals surface area contributed by atoms with Gasteiger partial charge < -0.3 is 4.74 Å². The Morgan fingerprint density at radius 3 is 1.82 bits per heavy atom. The van der Waals surface area contributed by atoms with Gasteiger partial charge in [-0.2, -0.15) is 22.0 Å². The first kappa shape index (κ1) is 30.6. The molecule has 0 amide bonds. The molecule has 0 radical (unpaired) electrons. The first-order valence-electron chi connectivity index (χ1n) is 14.3. The minimum atomic E-state index is -5.36. The van der Waals surface area contributed by atoms with E-state index in [0.29, 0.717) is 11.5 Å². The van der Waals surface area contributed by atoms with Gasteiger partial charge in [-0.05, 0) is 79.9 Å². The number of unbranched alkanes of at least 4 members (excludes halogenated alkanes) is 2. The van der Waals surface area contributed by atoms with Crippen molar-refractivity contribution in [3.63, 3.8) is 0 Å². The van der Waals surface area contributed by atoms with Crippen molar-refractivity contribution in [3.05, 3.63) is 64.5 Å². The first-order chi connectivity index (χ1) is 18.9. The number of alkyl halides is 5. The fourth-order valence-electron chi connectivity index (χ4n) is 6.66. The minimum absolute atomic E-state index is 0.00343. The van der Waals surface area contributed by atoms with Crippen molar-refractivity contribution >= 4 is 0 Å². The topological polar surface area (TPSA) is 9.23 Å². The molecule has 9 heteroatoms. The zero-order valence-electron chi connectivity index (χ0n) is 22.6. The molecule has 0 N–H and O–H groups in total. The highest BCUT2D eigenvalue weighted by Gasteiger charge is 2.41. The van der Waals surface area contributed by atoms with Crippen LogP contribution in [0.1, 0.15) is 107 Å². The van der Waals surface area contributed by atoms with Crippen LogP contribution in [0.2, 0.25) is 0 Å². The van der Waals surface area contributed by atoms with Gasteiger partial charge in [0, 0.05) is 12.1 Å². The molecular weight excluding hydrogens is 540 g/mol. The molecule has 2 aromatic carbocycles. The van der Waals surface area contributed by atoms with Gasteiger partial charge >= 0.3 is 12.3 Å². The number of rotatable bonds is 9. The van der Waals surface area contributed by atoms with Gasteiger partial charge in [0.25, 0.3) is 0 Å². The van der Waals surface area contributed by atoms with Crippen molar-refractivity contribution in [3.8, 4) is 5.75 Å². The van der Waals surface area contributed by atoms with Crippen LogP contribution in [0, 0.1) is 35.2 Å². The highest BCUT2D eigenvalue weighted by atomic mass is 19.4. The minimum Gasteiger partial charge on any atom is -0.429 e. The Hall–Kier alpha value is -2.32. The predicted molar refractivity (Wildman–Crippen MR) is 137 cm³/mol. The third-order valence-corrected chi connectivity index (χ3v) is 8.87. The van der Waals surface area contributed by atoms with Crippen LogP contribution in [0.25, 0.3) is 0 Å². The molecule has 0 aliphatic heterocycles. The van der Waals surface area contributed by atoms with Crippen LogP contribution in [0.4, 0.5) is 35.1 Å². The second-order valence-corrected chi connectivity index (χ2v) is 11.5. The molecule has 2 aliphatic rings. The Morgan fingerprint density at radius 1 is 0.725 bits per heavy atom. The Morgan fingerprint density at radius 2 is 1.30 bits per heavy atom. The summed E-state index contributed by atoms with van der Waals surface area (Å²) in [6.45, 7) is 2.22. The van der Waals surface area contributed by atoms with Crippen LogP contribution in [-0.4, -0.2) is 0 Å². The second kappa shape index (κ2) is 12.7. The van der Waals surface area contributed by atoms with Crippen LogP contribution in [0.5, 0.6) is 5.75 Å². The van der Waals surface area contributed by atoms with Crippen molar-refractivity contribution in [2.75, 3.05) is 0 Å². The molecule has 0 unspecified atom stereocenters. The lowest BCUT2D eigenvalue weighted by atomic mass is 9.68. The summed E-state index contributed by atoms with van der Waals surface area (Å²) < 4.78 is 114. The van der Waals surface area contributed by atoms with Gasteiger partial charge in [0.15, 0.2) is 0 Å². The molecule has 0 saturated heterocycles. The van der Waals surface area contributed by atoms with Crippen molar-refractivity contribution in [1.82, 2.24) is 0 Å². The molecule has 2 fully saturated rings. The Kier molecular flexibility index (Phi) is 9.71. The smallest absolute Gasteiger partial charge is 0.429 e. The monoisotopic (exact) mass is 576 g/mol. The number of benzene rings is 2. The van der Waals surface area contributed by atoms with Crippen molar-refractivity contribution < 1.29 is 39.9 Å². The third kappa shape index (κ3) is 7.30. The van der Waals surface area contributed by atoms with E-state index in [0.717, 1.165) is 49.7 Å². The van der Waals surface area contributed by atoms with Gasteiger partial charge in [0.1, 0.15) is 28.8 Å². The lowest BCUT2D eigenvalue weighted by molar-refractivity contribution is -0.187. The van der Waals surface area contributed by atoms with E-state index < -0.39 is 46.6 Å². The van der Waals surface area contributed by atoms with Gasteiger partial charge in [0.2, 0.25) is 0 Å². The van der Waals surface area contributed by atoms with Crippen LogP contribution >= 0.6 is 0 Å². The Labute approximate surface area is 230 Å². The summed E-state index contributed by atoms with van der Waals surface area (Å²) >= 11 is 0. The molecular formula is C31H36F8O. The maximum atomic E-state index is 14.8. The van der Waals surface area contributed by atoms with Crippen LogP contribution in [-0.2, 0) is 12.3 Å². The van der Waals surface area contributed by atoms with E-state index in [4.69, 9.17) is 0 Å². The maximum absolute atomic E-state index is 14.8. The summed E-state index contributed by atoms with van der Waals surface area (Å²) in [5.74, 6) is -4.41. The van der Waals surface area contributed by atoms with Crippen LogP contribution in [0.15, 0.2) is 30.3 Å². The molecule has 2 saturated carbocycles. The zero-order valence-corrected chi connectivity index (χ0v) is 22.6. The Balaban J connectivity index is 1.34. The molecule has 0 bridgehead atoms. The van der Waals surface area contributed by atoms with Crippen molar-refractivity contribution in [1.29, 1.82) is 0 Å². The average molecular weight is 577 g/mol. The van der Waals surface area contributed by atoms with E-state index in [1.807, 2.05) is 0 Å². The molecule has 0 heterocycles. The van der Waals surface area contributed by atoms with E-state index in [-0.39, 0.29) is 18.1 Å². The van der Waals surface area contributed by atoms with Crippen LogP contribution < -0.4 is 4.74 Å². The second-order valence-electron chi connectivity index (χ2n) is 11.5. The predicted octanol–water partition coefficient (Wildman–Crippen LogP) is 10.9. The van der Waals surface area contributed by atoms with E-state index in [9.17, 15) is 35.1 Å². The molecule has 0 atom stereocenters. The average Bonchev–Trinajstić information content (AvgIpc) is 2.87. The number of hydrogen-bond acceptors (Lipinski definition) is 1. The van der Waals surface area contributed by atoms with Crippen molar-refractivity contribution in [2.45, 2.75) is 102 Å². The zero-order chi connectivity index (χ0) is 29.1. The standard InChI is InChI=1S/C31H36F8O/c1-2-3-4-5-19-6-8-20(9-7-19)21-10-12-22(13-11-21)23-14-15-25(26(32)16-23)31(38,39)40-24-17-27(33)29(28(34)18-24)30(35,36)37/h14-22H,2-13H2,1H3/t19-,20-,21-,22-. The van der Waals surface area contributed by atoms with Crippen LogP contribution in [0.3, 0.4) is 0 Å². The third-order valence-electron chi connectivity index (χ3n) is 8.87. The quantitative estimate of drug-likeness (QED) is 0.213. The van der Waals surface area contributed by atoms with E-state index >= 15 is 0 Å². The summed E-state index contributed by atoms with van der Waals surface area (Å²) in [5.41, 5.74) is -2.79. The maximum Gasteiger partial charge on any atom is 0.429 e. The first-order valence-corrected chi connectivity index (χ1v) is 14.3. The molecule has 222 valence electrons. The molecule has 2 aliphatic carbocycles. The summed E-state index contributed by atoms with van der Waals surface area (Å²) in [6.07, 6.45) is 4.30. The largest absolute Gasteiger partial charge is 0.429 e. The summed E-state index contributed by atoms with van der Waals surface area (Å²) in [6, 6.07) is 3.31. The summed E-state index contributed by atoms with van der Waals surface area (Å²) in [4.78, 5) is 0. The molecule has 4 rings (SSSR count). The fraction of sp³-hybridized carbons (Fsp3) is 0.613. The Bertz CT molecular complexity index is 1110. The number of ether oxygens (including phenoxy) is 1. The molecule has 1 nitrogen and oxygen atoms in total. The molecule has 40 heavy (non-hydrogen) atoms. The van der Waals surface area contributed by atoms with Crippen molar-refractivity contribution in [2.24, 2.45) is 17.8 Å².